The Labute approximate surface area is 155 Å². The SMILES string of the molecule is C(/C=C(/CC=Nc1ccccc1)Cc1ccccc1)=Nc1ccccc1. The monoisotopic (exact) mass is 338 g/mol. The van der Waals surface area contributed by atoms with Crippen molar-refractivity contribution >= 4 is 23.8 Å². The molecule has 0 unspecified atom stereocenters. The van der Waals surface area contributed by atoms with E-state index in [1.165, 1.54) is 11.1 Å². The third-order valence-corrected chi connectivity index (χ3v) is 3.91. The highest BCUT2D eigenvalue weighted by atomic mass is 14.7. The Hall–Kier alpha value is -3.26. The van der Waals surface area contributed by atoms with Crippen LogP contribution in [0.25, 0.3) is 0 Å². The molecular formula is C24H22N2. The molecule has 0 aliphatic rings. The molecule has 0 aliphatic heterocycles. The van der Waals surface area contributed by atoms with E-state index in [4.69, 9.17) is 0 Å². The van der Waals surface area contributed by atoms with E-state index in [9.17, 15) is 0 Å². The van der Waals surface area contributed by atoms with Crippen LogP contribution in [0.5, 0.6) is 0 Å². The summed E-state index contributed by atoms with van der Waals surface area (Å²) in [4.78, 5) is 9.05. The van der Waals surface area contributed by atoms with Gasteiger partial charge in [0.05, 0.1) is 11.4 Å². The maximum absolute atomic E-state index is 4.54. The van der Waals surface area contributed by atoms with Crippen LogP contribution in [-0.2, 0) is 6.42 Å². The fourth-order valence-corrected chi connectivity index (χ4v) is 2.58. The lowest BCUT2D eigenvalue weighted by Crippen LogP contribution is -1.93. The molecule has 0 atom stereocenters. The predicted octanol–water partition coefficient (Wildman–Crippen LogP) is 6.35. The van der Waals surface area contributed by atoms with Crippen molar-refractivity contribution in [1.29, 1.82) is 0 Å². The lowest BCUT2D eigenvalue weighted by atomic mass is 10.0. The Morgan fingerprint density at radius 3 is 1.81 bits per heavy atom. The van der Waals surface area contributed by atoms with Crippen LogP contribution in [0.2, 0.25) is 0 Å². The molecule has 0 bridgehead atoms. The minimum absolute atomic E-state index is 0.796. The molecule has 128 valence electrons. The summed E-state index contributed by atoms with van der Waals surface area (Å²) in [5.41, 5.74) is 4.50. The Morgan fingerprint density at radius 1 is 0.654 bits per heavy atom. The normalized spacial score (nSPS) is 12.1. The summed E-state index contributed by atoms with van der Waals surface area (Å²) in [5, 5.41) is 0. The van der Waals surface area contributed by atoms with Crippen molar-refractivity contribution in [3.63, 3.8) is 0 Å². The molecule has 2 heteroatoms. The van der Waals surface area contributed by atoms with Gasteiger partial charge in [0.25, 0.3) is 0 Å². The van der Waals surface area contributed by atoms with E-state index >= 15 is 0 Å². The zero-order valence-corrected chi connectivity index (χ0v) is 14.7. The number of aliphatic imine (C=N–C) groups is 2. The lowest BCUT2D eigenvalue weighted by molar-refractivity contribution is 1.10. The van der Waals surface area contributed by atoms with Gasteiger partial charge in [-0.2, -0.15) is 0 Å². The van der Waals surface area contributed by atoms with E-state index in [1.54, 1.807) is 0 Å². The summed E-state index contributed by atoms with van der Waals surface area (Å²) in [6.07, 6.45) is 7.63. The van der Waals surface area contributed by atoms with Crippen LogP contribution in [0.1, 0.15) is 12.0 Å². The third-order valence-electron chi connectivity index (χ3n) is 3.91. The molecule has 0 heterocycles. The van der Waals surface area contributed by atoms with Crippen LogP contribution in [0, 0.1) is 0 Å². The molecule has 0 aromatic heterocycles. The van der Waals surface area contributed by atoms with E-state index < -0.39 is 0 Å². The van der Waals surface area contributed by atoms with Crippen LogP contribution in [0.4, 0.5) is 11.4 Å². The van der Waals surface area contributed by atoms with E-state index in [0.717, 1.165) is 24.2 Å². The summed E-state index contributed by atoms with van der Waals surface area (Å²) in [6.45, 7) is 0. The topological polar surface area (TPSA) is 24.7 Å². The summed E-state index contributed by atoms with van der Waals surface area (Å²) in [7, 11) is 0. The molecule has 3 rings (SSSR count). The summed E-state index contributed by atoms with van der Waals surface area (Å²) >= 11 is 0. The van der Waals surface area contributed by atoms with Gasteiger partial charge in [0.1, 0.15) is 0 Å². The second-order valence-electron chi connectivity index (χ2n) is 5.95. The first-order valence-electron chi connectivity index (χ1n) is 8.79. The van der Waals surface area contributed by atoms with Gasteiger partial charge in [-0.1, -0.05) is 72.3 Å². The average molecular weight is 338 g/mol. The molecule has 3 aromatic rings. The number of rotatable bonds is 7. The Morgan fingerprint density at radius 2 is 1.19 bits per heavy atom. The fraction of sp³-hybridized carbons (Fsp3) is 0.0833. The van der Waals surface area contributed by atoms with Crippen molar-refractivity contribution in [3.8, 4) is 0 Å². The number of hydrogen-bond donors (Lipinski definition) is 0. The highest BCUT2D eigenvalue weighted by molar-refractivity contribution is 5.77. The fourth-order valence-electron chi connectivity index (χ4n) is 2.58. The second kappa shape index (κ2) is 9.90. The number of nitrogens with zero attached hydrogens (tertiary/aromatic N) is 2. The molecule has 0 aliphatic carbocycles. The minimum atomic E-state index is 0.796. The Kier molecular flexibility index (Phi) is 6.68. The highest BCUT2D eigenvalue weighted by Crippen LogP contribution is 2.14. The summed E-state index contributed by atoms with van der Waals surface area (Å²) in [6, 6.07) is 30.5. The molecule has 0 spiro atoms. The molecular weight excluding hydrogens is 316 g/mol. The van der Waals surface area contributed by atoms with Crippen LogP contribution in [-0.4, -0.2) is 12.4 Å². The van der Waals surface area contributed by atoms with E-state index in [0.29, 0.717) is 0 Å². The van der Waals surface area contributed by atoms with Gasteiger partial charge in [-0.3, -0.25) is 9.98 Å². The molecule has 0 fully saturated rings. The van der Waals surface area contributed by atoms with Gasteiger partial charge in [-0.15, -0.1) is 0 Å². The molecule has 3 aromatic carbocycles. The van der Waals surface area contributed by atoms with E-state index in [-0.39, 0.29) is 0 Å². The number of para-hydroxylation sites is 2. The van der Waals surface area contributed by atoms with E-state index in [1.807, 2.05) is 79.2 Å². The van der Waals surface area contributed by atoms with Crippen LogP contribution in [0.15, 0.2) is 113 Å². The van der Waals surface area contributed by atoms with Crippen molar-refractivity contribution in [1.82, 2.24) is 0 Å². The minimum Gasteiger partial charge on any atom is -0.261 e. The molecule has 2 nitrogen and oxygen atoms in total. The van der Waals surface area contributed by atoms with Crippen molar-refractivity contribution in [2.24, 2.45) is 9.98 Å². The number of allylic oxidation sites excluding steroid dienone is 2. The first-order valence-corrected chi connectivity index (χ1v) is 8.79. The Balaban J connectivity index is 1.71. The molecule has 0 saturated carbocycles. The molecule has 0 amide bonds. The van der Waals surface area contributed by atoms with Crippen molar-refractivity contribution < 1.29 is 0 Å². The largest absolute Gasteiger partial charge is 0.261 e. The predicted molar refractivity (Wildman–Crippen MR) is 112 cm³/mol. The maximum Gasteiger partial charge on any atom is 0.0629 e. The maximum atomic E-state index is 4.54. The van der Waals surface area contributed by atoms with Gasteiger partial charge in [-0.05, 0) is 42.3 Å². The summed E-state index contributed by atoms with van der Waals surface area (Å²) in [5.74, 6) is 0. The first-order chi connectivity index (χ1) is 12.9. The zero-order chi connectivity index (χ0) is 17.9. The smallest absolute Gasteiger partial charge is 0.0629 e. The van der Waals surface area contributed by atoms with Crippen LogP contribution < -0.4 is 0 Å². The molecule has 26 heavy (non-hydrogen) atoms. The average Bonchev–Trinajstić information content (AvgIpc) is 2.70. The van der Waals surface area contributed by atoms with Gasteiger partial charge >= 0.3 is 0 Å². The van der Waals surface area contributed by atoms with Gasteiger partial charge in [-0.25, -0.2) is 0 Å². The van der Waals surface area contributed by atoms with Crippen LogP contribution >= 0.6 is 0 Å². The van der Waals surface area contributed by atoms with Crippen molar-refractivity contribution in [3.05, 3.63) is 108 Å². The first kappa shape index (κ1) is 17.6. The summed E-state index contributed by atoms with van der Waals surface area (Å²) < 4.78 is 0. The number of benzene rings is 3. The van der Waals surface area contributed by atoms with Gasteiger partial charge in [0.2, 0.25) is 0 Å². The molecule has 0 N–H and O–H groups in total. The van der Waals surface area contributed by atoms with E-state index in [2.05, 4.69) is 40.3 Å². The van der Waals surface area contributed by atoms with Crippen LogP contribution in [0.3, 0.4) is 0 Å². The highest BCUT2D eigenvalue weighted by Gasteiger charge is 1.98. The van der Waals surface area contributed by atoms with Crippen molar-refractivity contribution in [2.75, 3.05) is 0 Å². The molecule has 0 radical (unpaired) electrons. The second-order valence-corrected chi connectivity index (χ2v) is 5.95. The van der Waals surface area contributed by atoms with Gasteiger partial charge in [0, 0.05) is 18.9 Å². The zero-order valence-electron chi connectivity index (χ0n) is 14.7. The standard InChI is InChI=1S/C24H22N2/c1-4-10-21(11-5-1)20-22(16-18-25-23-12-6-2-7-13-23)17-19-26-24-14-8-3-9-15-24/h1-16,18-19H,17,20H2/b22-16-,25-18?,26-19?. The quantitative estimate of drug-likeness (QED) is 0.448. The van der Waals surface area contributed by atoms with Gasteiger partial charge in [0.15, 0.2) is 0 Å². The lowest BCUT2D eigenvalue weighted by Gasteiger charge is -2.04. The Bertz CT molecular complexity index is 864. The van der Waals surface area contributed by atoms with Gasteiger partial charge < -0.3 is 0 Å². The van der Waals surface area contributed by atoms with Crippen molar-refractivity contribution in [2.45, 2.75) is 12.8 Å². The number of hydrogen-bond acceptors (Lipinski definition) is 2. The third kappa shape index (κ3) is 5.99. The molecule has 0 saturated heterocycles.